The van der Waals surface area contributed by atoms with E-state index in [9.17, 15) is 19.2 Å². The molecule has 9 nitrogen and oxygen atoms in total. The largest absolute Gasteiger partial charge is 0.497 e. The highest BCUT2D eigenvalue weighted by atomic mass is 16.5. The number of carbonyl (C=O) groups is 4. The maximum Gasteiger partial charge on any atom is 0.343 e. The first-order chi connectivity index (χ1) is 19.4. The van der Waals surface area contributed by atoms with E-state index in [-0.39, 0.29) is 17.2 Å². The van der Waals surface area contributed by atoms with Crippen molar-refractivity contribution >= 4 is 35.5 Å². The fourth-order valence-electron chi connectivity index (χ4n) is 3.49. The topological polar surface area (TPSA) is 123 Å². The smallest absolute Gasteiger partial charge is 0.343 e. The Morgan fingerprint density at radius 3 is 1.98 bits per heavy atom. The van der Waals surface area contributed by atoms with Crippen molar-refractivity contribution in [3.8, 4) is 11.5 Å². The number of hydrazine groups is 1. The molecule has 0 atom stereocenters. The summed E-state index contributed by atoms with van der Waals surface area (Å²) in [6, 6.07) is 28.1. The number of benzene rings is 4. The minimum atomic E-state index is -0.601. The molecule has 3 N–H and O–H groups in total. The first-order valence-corrected chi connectivity index (χ1v) is 12.1. The van der Waals surface area contributed by atoms with E-state index in [1.54, 1.807) is 84.9 Å². The van der Waals surface area contributed by atoms with Crippen molar-refractivity contribution in [3.05, 3.63) is 131 Å². The molecule has 4 aromatic rings. The average molecular weight is 536 g/mol. The molecule has 0 aliphatic rings. The second-order valence-corrected chi connectivity index (χ2v) is 8.33. The normalized spacial score (nSPS) is 10.4. The summed E-state index contributed by atoms with van der Waals surface area (Å²) in [5.41, 5.74) is 6.76. The molecule has 0 aliphatic heterocycles. The average Bonchev–Trinajstić information content (AvgIpc) is 3.00. The molecule has 40 heavy (non-hydrogen) atoms. The molecular formula is C31H25N3O6. The molecule has 0 saturated heterocycles. The van der Waals surface area contributed by atoms with Gasteiger partial charge in [-0.1, -0.05) is 36.4 Å². The van der Waals surface area contributed by atoms with Gasteiger partial charge in [0.1, 0.15) is 11.5 Å². The zero-order valence-electron chi connectivity index (χ0n) is 21.4. The number of anilines is 1. The summed E-state index contributed by atoms with van der Waals surface area (Å²) in [6.45, 7) is 0. The molecule has 0 bridgehead atoms. The van der Waals surface area contributed by atoms with E-state index in [0.717, 1.165) is 0 Å². The van der Waals surface area contributed by atoms with Gasteiger partial charge in [0.15, 0.2) is 0 Å². The Morgan fingerprint density at radius 1 is 0.650 bits per heavy atom. The molecule has 0 radical (unpaired) electrons. The van der Waals surface area contributed by atoms with Crippen LogP contribution in [0, 0.1) is 0 Å². The lowest BCUT2D eigenvalue weighted by molar-refractivity contribution is -0.117. The van der Waals surface area contributed by atoms with Gasteiger partial charge in [0.05, 0.1) is 12.7 Å². The number of amides is 3. The van der Waals surface area contributed by atoms with Crippen molar-refractivity contribution in [1.82, 2.24) is 10.9 Å². The third-order valence-corrected chi connectivity index (χ3v) is 5.60. The molecule has 0 aliphatic carbocycles. The van der Waals surface area contributed by atoms with Crippen molar-refractivity contribution in [2.45, 2.75) is 0 Å². The Kier molecular flexibility index (Phi) is 9.02. The fraction of sp³-hybridized carbons (Fsp3) is 0.0323. The van der Waals surface area contributed by atoms with Crippen LogP contribution in [-0.4, -0.2) is 30.8 Å². The Morgan fingerprint density at radius 2 is 1.27 bits per heavy atom. The predicted molar refractivity (Wildman–Crippen MR) is 150 cm³/mol. The minimum Gasteiger partial charge on any atom is -0.497 e. The predicted octanol–water partition coefficient (Wildman–Crippen LogP) is 4.64. The lowest BCUT2D eigenvalue weighted by atomic mass is 10.1. The number of methoxy groups -OCH3 is 1. The number of rotatable bonds is 8. The standard InChI is InChI=1S/C31H25N3O6/c1-39-26-18-13-24(14-19-26)31(38)40-27-10-6-5-7-21(27)15-20-28(35)33-34-30(37)23-11-16-25(17-12-23)32-29(36)22-8-3-2-4-9-22/h2-20H,1H3,(H,32,36)(H,33,35)(H,34,37)/b20-15+. The Bertz CT molecular complexity index is 1530. The van der Waals surface area contributed by atoms with Gasteiger partial charge in [0.2, 0.25) is 0 Å². The van der Waals surface area contributed by atoms with Gasteiger partial charge >= 0.3 is 5.97 Å². The van der Waals surface area contributed by atoms with Crippen molar-refractivity contribution in [1.29, 1.82) is 0 Å². The van der Waals surface area contributed by atoms with Crippen LogP contribution in [0.3, 0.4) is 0 Å². The molecule has 200 valence electrons. The van der Waals surface area contributed by atoms with Crippen LogP contribution in [0.25, 0.3) is 6.08 Å². The third-order valence-electron chi connectivity index (χ3n) is 5.60. The van der Waals surface area contributed by atoms with Crippen LogP contribution in [0.4, 0.5) is 5.69 Å². The van der Waals surface area contributed by atoms with Gasteiger partial charge in [-0.05, 0) is 72.8 Å². The van der Waals surface area contributed by atoms with Crippen LogP contribution in [0.5, 0.6) is 11.5 Å². The summed E-state index contributed by atoms with van der Waals surface area (Å²) in [6.07, 6.45) is 2.66. The van der Waals surface area contributed by atoms with Gasteiger partial charge in [0.25, 0.3) is 17.7 Å². The number of esters is 1. The lowest BCUT2D eigenvalue weighted by Crippen LogP contribution is -2.40. The van der Waals surface area contributed by atoms with Crippen LogP contribution in [0.2, 0.25) is 0 Å². The maximum absolute atomic E-state index is 12.5. The number of hydrogen-bond donors (Lipinski definition) is 3. The molecule has 0 fully saturated rings. The van der Waals surface area contributed by atoms with Crippen molar-refractivity contribution in [2.24, 2.45) is 0 Å². The third kappa shape index (κ3) is 7.42. The highest BCUT2D eigenvalue weighted by molar-refractivity contribution is 6.04. The highest BCUT2D eigenvalue weighted by Gasteiger charge is 2.12. The zero-order chi connectivity index (χ0) is 28.3. The van der Waals surface area contributed by atoms with E-state index in [1.165, 1.54) is 31.4 Å². The molecule has 3 amide bonds. The summed E-state index contributed by atoms with van der Waals surface area (Å²) < 4.78 is 10.6. The van der Waals surface area contributed by atoms with Crippen molar-refractivity contribution in [2.75, 3.05) is 12.4 Å². The summed E-state index contributed by atoms with van der Waals surface area (Å²) >= 11 is 0. The van der Waals surface area contributed by atoms with E-state index in [0.29, 0.717) is 28.1 Å². The molecular weight excluding hydrogens is 510 g/mol. The first kappa shape index (κ1) is 27.3. The van der Waals surface area contributed by atoms with Gasteiger partial charge in [-0.3, -0.25) is 25.2 Å². The molecule has 4 aromatic carbocycles. The number of para-hydroxylation sites is 1. The van der Waals surface area contributed by atoms with Crippen LogP contribution < -0.4 is 25.6 Å². The van der Waals surface area contributed by atoms with Crippen LogP contribution in [0.15, 0.2) is 109 Å². The Labute approximate surface area is 230 Å². The lowest BCUT2D eigenvalue weighted by Gasteiger charge is -2.09. The van der Waals surface area contributed by atoms with E-state index >= 15 is 0 Å². The van der Waals surface area contributed by atoms with Gasteiger partial charge < -0.3 is 14.8 Å². The first-order valence-electron chi connectivity index (χ1n) is 12.1. The summed E-state index contributed by atoms with van der Waals surface area (Å²) in [5, 5.41) is 2.75. The number of ether oxygens (including phenoxy) is 2. The van der Waals surface area contributed by atoms with Crippen molar-refractivity contribution < 1.29 is 28.7 Å². The Hall–Kier alpha value is -5.70. The quantitative estimate of drug-likeness (QED) is 0.131. The van der Waals surface area contributed by atoms with Gasteiger partial charge in [-0.2, -0.15) is 0 Å². The minimum absolute atomic E-state index is 0.260. The maximum atomic E-state index is 12.5. The zero-order valence-corrected chi connectivity index (χ0v) is 21.4. The van der Waals surface area contributed by atoms with E-state index in [4.69, 9.17) is 9.47 Å². The second-order valence-electron chi connectivity index (χ2n) is 8.33. The summed E-state index contributed by atoms with van der Waals surface area (Å²) in [7, 11) is 1.53. The van der Waals surface area contributed by atoms with Crippen LogP contribution in [0.1, 0.15) is 36.6 Å². The molecule has 0 unspecified atom stereocenters. The van der Waals surface area contributed by atoms with Gasteiger partial charge in [0, 0.05) is 28.5 Å². The number of carbonyl (C=O) groups excluding carboxylic acids is 4. The molecule has 0 saturated carbocycles. The van der Waals surface area contributed by atoms with E-state index < -0.39 is 17.8 Å². The summed E-state index contributed by atoms with van der Waals surface area (Å²) in [4.78, 5) is 49.5. The van der Waals surface area contributed by atoms with Gasteiger partial charge in [-0.25, -0.2) is 4.79 Å². The number of hydrogen-bond acceptors (Lipinski definition) is 6. The van der Waals surface area contributed by atoms with Crippen LogP contribution >= 0.6 is 0 Å². The number of nitrogens with one attached hydrogen (secondary N) is 3. The molecule has 0 spiro atoms. The van der Waals surface area contributed by atoms with E-state index in [2.05, 4.69) is 16.2 Å². The highest BCUT2D eigenvalue weighted by Crippen LogP contribution is 2.21. The molecule has 4 rings (SSSR count). The van der Waals surface area contributed by atoms with Gasteiger partial charge in [-0.15, -0.1) is 0 Å². The molecule has 9 heteroatoms. The monoisotopic (exact) mass is 535 g/mol. The van der Waals surface area contributed by atoms with E-state index in [1.807, 2.05) is 6.07 Å². The van der Waals surface area contributed by atoms with Crippen LogP contribution in [-0.2, 0) is 4.79 Å². The summed E-state index contributed by atoms with van der Waals surface area (Å²) in [5.74, 6) is -1.11. The fourth-order valence-corrected chi connectivity index (χ4v) is 3.49. The van der Waals surface area contributed by atoms with Crippen molar-refractivity contribution in [3.63, 3.8) is 0 Å². The Balaban J connectivity index is 1.29. The second kappa shape index (κ2) is 13.2. The molecule has 0 aromatic heterocycles. The molecule has 0 heterocycles. The SMILES string of the molecule is COc1ccc(C(=O)Oc2ccccc2/C=C/C(=O)NNC(=O)c2ccc(NC(=O)c3ccccc3)cc2)cc1.